The molecule has 0 spiro atoms. The molecule has 1 aromatic rings. The summed E-state index contributed by atoms with van der Waals surface area (Å²) in [6, 6.07) is 9.59. The fraction of sp³-hybridized carbons (Fsp3) is 0.533. The monoisotopic (exact) mass is 325 g/mol. The van der Waals surface area contributed by atoms with Crippen LogP contribution in [-0.2, 0) is 14.8 Å². The molecule has 0 unspecified atom stereocenters. The molecule has 1 fully saturated rings. The first kappa shape index (κ1) is 16.9. The van der Waals surface area contributed by atoms with Gasteiger partial charge in [0.05, 0.1) is 12.8 Å². The number of amides is 1. The van der Waals surface area contributed by atoms with E-state index in [2.05, 4.69) is 0 Å². The molecule has 1 aliphatic heterocycles. The van der Waals surface area contributed by atoms with Crippen LogP contribution in [0.4, 0.5) is 5.69 Å². The Kier molecular flexibility index (Phi) is 5.55. The van der Waals surface area contributed by atoms with Gasteiger partial charge in [0, 0.05) is 38.4 Å². The van der Waals surface area contributed by atoms with Crippen LogP contribution in [0.25, 0.3) is 0 Å². The number of carbonyl (C=O) groups excluding carboxylic acids is 1. The van der Waals surface area contributed by atoms with E-state index >= 15 is 0 Å². The highest BCUT2D eigenvalue weighted by molar-refractivity contribution is 7.88. The van der Waals surface area contributed by atoms with E-state index < -0.39 is 10.0 Å². The third-order valence-electron chi connectivity index (χ3n) is 3.84. The molecule has 122 valence electrons. The molecule has 1 saturated heterocycles. The predicted octanol–water partition coefficient (Wildman–Crippen LogP) is 0.617. The van der Waals surface area contributed by atoms with Gasteiger partial charge in [0.25, 0.3) is 0 Å². The number of nitrogens with zero attached hydrogens (tertiary/aromatic N) is 3. The molecule has 0 atom stereocenters. The molecule has 0 saturated carbocycles. The summed E-state index contributed by atoms with van der Waals surface area (Å²) in [5.74, 6) is 0.0431. The zero-order valence-corrected chi connectivity index (χ0v) is 13.9. The number of benzene rings is 1. The lowest BCUT2D eigenvalue weighted by atomic mass is 10.2. The summed E-state index contributed by atoms with van der Waals surface area (Å²) in [4.78, 5) is 16.2. The molecule has 0 aliphatic carbocycles. The Morgan fingerprint density at radius 2 is 1.73 bits per heavy atom. The van der Waals surface area contributed by atoms with Gasteiger partial charge in [-0.05, 0) is 19.1 Å². The molecule has 1 aromatic carbocycles. The molecular weight excluding hydrogens is 302 g/mol. The number of para-hydroxylation sites is 1. The van der Waals surface area contributed by atoms with Crippen LogP contribution in [0.5, 0.6) is 0 Å². The molecule has 0 bridgehead atoms. The first-order valence-electron chi connectivity index (χ1n) is 7.44. The zero-order valence-electron chi connectivity index (χ0n) is 13.1. The number of hydrogen-bond donors (Lipinski definition) is 0. The van der Waals surface area contributed by atoms with Crippen molar-refractivity contribution in [2.24, 2.45) is 0 Å². The summed E-state index contributed by atoms with van der Waals surface area (Å²) >= 11 is 0. The Labute approximate surface area is 132 Å². The van der Waals surface area contributed by atoms with Crippen molar-refractivity contribution < 1.29 is 13.2 Å². The molecule has 0 radical (unpaired) electrons. The molecule has 2 rings (SSSR count). The predicted molar refractivity (Wildman–Crippen MR) is 87.3 cm³/mol. The number of anilines is 1. The Morgan fingerprint density at radius 3 is 2.23 bits per heavy atom. The van der Waals surface area contributed by atoms with Gasteiger partial charge in [-0.1, -0.05) is 18.2 Å². The van der Waals surface area contributed by atoms with Crippen molar-refractivity contribution >= 4 is 21.6 Å². The van der Waals surface area contributed by atoms with Crippen molar-refractivity contribution in [1.82, 2.24) is 9.21 Å². The van der Waals surface area contributed by atoms with Crippen LogP contribution >= 0.6 is 0 Å². The van der Waals surface area contributed by atoms with Crippen molar-refractivity contribution in [2.75, 3.05) is 50.4 Å². The largest absolute Gasteiger partial charge is 0.312 e. The lowest BCUT2D eigenvalue weighted by molar-refractivity contribution is -0.120. The molecule has 1 amide bonds. The van der Waals surface area contributed by atoms with E-state index in [9.17, 15) is 13.2 Å². The molecule has 1 aliphatic rings. The van der Waals surface area contributed by atoms with Crippen LogP contribution in [0.15, 0.2) is 30.3 Å². The second-order valence-electron chi connectivity index (χ2n) is 5.41. The van der Waals surface area contributed by atoms with E-state index in [1.54, 1.807) is 4.90 Å². The summed E-state index contributed by atoms with van der Waals surface area (Å²) in [6.45, 7) is 4.96. The first-order chi connectivity index (χ1) is 10.4. The summed E-state index contributed by atoms with van der Waals surface area (Å²) in [5, 5.41) is 0. The molecule has 1 heterocycles. The number of hydrogen-bond acceptors (Lipinski definition) is 4. The van der Waals surface area contributed by atoms with Crippen molar-refractivity contribution in [3.8, 4) is 0 Å². The van der Waals surface area contributed by atoms with Gasteiger partial charge in [-0.15, -0.1) is 0 Å². The summed E-state index contributed by atoms with van der Waals surface area (Å²) in [6.07, 6.45) is 1.22. The highest BCUT2D eigenvalue weighted by Gasteiger charge is 2.25. The molecule has 0 aromatic heterocycles. The molecule has 7 heteroatoms. The molecule has 6 nitrogen and oxygen atoms in total. The minimum Gasteiger partial charge on any atom is -0.312 e. The quantitative estimate of drug-likeness (QED) is 0.796. The zero-order chi connectivity index (χ0) is 16.2. The molecule has 22 heavy (non-hydrogen) atoms. The standard InChI is InChI=1S/C15H23N3O3S/c1-3-18(14-7-5-4-6-8-14)15(19)13-16-9-11-17(12-10-16)22(2,20)21/h4-8H,3,9-13H2,1-2H3. The number of carbonyl (C=O) groups is 1. The maximum absolute atomic E-state index is 12.5. The van der Waals surface area contributed by atoms with Crippen LogP contribution in [0, 0.1) is 0 Å². The van der Waals surface area contributed by atoms with Gasteiger partial charge in [0.15, 0.2) is 0 Å². The van der Waals surface area contributed by atoms with E-state index in [0.29, 0.717) is 39.3 Å². The number of piperazine rings is 1. The smallest absolute Gasteiger partial charge is 0.241 e. The lowest BCUT2D eigenvalue weighted by Gasteiger charge is -2.34. The number of rotatable bonds is 5. The van der Waals surface area contributed by atoms with Crippen molar-refractivity contribution in [3.05, 3.63) is 30.3 Å². The van der Waals surface area contributed by atoms with E-state index in [1.165, 1.54) is 10.6 Å². The Bertz CT molecular complexity index is 596. The van der Waals surface area contributed by atoms with Gasteiger partial charge >= 0.3 is 0 Å². The van der Waals surface area contributed by atoms with Crippen LogP contribution in [0.2, 0.25) is 0 Å². The van der Waals surface area contributed by atoms with Crippen LogP contribution in [0.1, 0.15) is 6.92 Å². The maximum Gasteiger partial charge on any atom is 0.241 e. The fourth-order valence-corrected chi connectivity index (χ4v) is 3.43. The summed E-state index contributed by atoms with van der Waals surface area (Å²) in [5.41, 5.74) is 0.893. The molecular formula is C15H23N3O3S. The maximum atomic E-state index is 12.5. The normalized spacial score (nSPS) is 17.4. The highest BCUT2D eigenvalue weighted by Crippen LogP contribution is 2.14. The van der Waals surface area contributed by atoms with Crippen molar-refractivity contribution in [2.45, 2.75) is 6.92 Å². The third-order valence-corrected chi connectivity index (χ3v) is 5.15. The number of sulfonamides is 1. The minimum absolute atomic E-state index is 0.0431. The first-order valence-corrected chi connectivity index (χ1v) is 9.29. The fourth-order valence-electron chi connectivity index (χ4n) is 2.61. The average Bonchev–Trinajstić information content (AvgIpc) is 2.48. The summed E-state index contributed by atoms with van der Waals surface area (Å²) < 4.78 is 24.4. The number of likely N-dealkylation sites (N-methyl/N-ethyl adjacent to an activating group) is 1. The van der Waals surface area contributed by atoms with Crippen LogP contribution < -0.4 is 4.90 Å². The van der Waals surface area contributed by atoms with Gasteiger partial charge in [0.2, 0.25) is 15.9 Å². The van der Waals surface area contributed by atoms with Gasteiger partial charge < -0.3 is 4.90 Å². The van der Waals surface area contributed by atoms with Gasteiger partial charge in [0.1, 0.15) is 0 Å². The van der Waals surface area contributed by atoms with Crippen LogP contribution in [-0.4, -0.2) is 69.1 Å². The van der Waals surface area contributed by atoms with Crippen LogP contribution in [0.3, 0.4) is 0 Å². The minimum atomic E-state index is -3.13. The lowest BCUT2D eigenvalue weighted by Crippen LogP contribution is -2.51. The second-order valence-corrected chi connectivity index (χ2v) is 7.39. The average molecular weight is 325 g/mol. The van der Waals surface area contributed by atoms with Gasteiger partial charge in [-0.2, -0.15) is 4.31 Å². The van der Waals surface area contributed by atoms with E-state index in [1.807, 2.05) is 42.2 Å². The topological polar surface area (TPSA) is 60.9 Å². The summed E-state index contributed by atoms with van der Waals surface area (Å²) in [7, 11) is -3.13. The van der Waals surface area contributed by atoms with E-state index in [4.69, 9.17) is 0 Å². The third kappa shape index (κ3) is 4.28. The second kappa shape index (κ2) is 7.21. The SMILES string of the molecule is CCN(C(=O)CN1CCN(S(C)(=O)=O)CC1)c1ccccc1. The van der Waals surface area contributed by atoms with E-state index in [0.717, 1.165) is 5.69 Å². The Balaban J connectivity index is 1.92. The molecule has 0 N–H and O–H groups in total. The van der Waals surface area contributed by atoms with Crippen molar-refractivity contribution in [3.63, 3.8) is 0 Å². The Hall–Kier alpha value is -1.44. The highest BCUT2D eigenvalue weighted by atomic mass is 32.2. The van der Waals surface area contributed by atoms with Gasteiger partial charge in [-0.25, -0.2) is 8.42 Å². The van der Waals surface area contributed by atoms with E-state index in [-0.39, 0.29) is 5.91 Å². The van der Waals surface area contributed by atoms with Crippen molar-refractivity contribution in [1.29, 1.82) is 0 Å². The van der Waals surface area contributed by atoms with Gasteiger partial charge in [-0.3, -0.25) is 9.69 Å². The Morgan fingerprint density at radius 1 is 1.14 bits per heavy atom.